The van der Waals surface area contributed by atoms with Gasteiger partial charge >= 0.3 is 5.97 Å². The molecule has 1 aliphatic heterocycles. The molecule has 0 radical (unpaired) electrons. The van der Waals surface area contributed by atoms with Crippen molar-refractivity contribution in [3.8, 4) is 5.75 Å². The number of carboxylic acids is 1. The maximum absolute atomic E-state index is 10.7. The molecule has 0 spiro atoms. The van der Waals surface area contributed by atoms with Gasteiger partial charge in [0.05, 0.1) is 0 Å². The van der Waals surface area contributed by atoms with Gasteiger partial charge in [0.1, 0.15) is 17.9 Å². The van der Waals surface area contributed by atoms with E-state index in [1.807, 2.05) is 24.3 Å². The Kier molecular flexibility index (Phi) is 3.65. The Balaban J connectivity index is 1.92. The van der Waals surface area contributed by atoms with Crippen LogP contribution in [-0.2, 0) is 4.79 Å². The molecular formula is C11H12INO3. The summed E-state index contributed by atoms with van der Waals surface area (Å²) in [6.07, 6.45) is 0.461. The summed E-state index contributed by atoms with van der Waals surface area (Å²) in [5.74, 6) is -0.0213. The van der Waals surface area contributed by atoms with Gasteiger partial charge in [0.15, 0.2) is 0 Å². The van der Waals surface area contributed by atoms with Gasteiger partial charge in [-0.2, -0.15) is 0 Å². The lowest BCUT2D eigenvalue weighted by Crippen LogP contribution is -2.30. The zero-order valence-electron chi connectivity index (χ0n) is 8.52. The van der Waals surface area contributed by atoms with Crippen LogP contribution in [0.25, 0.3) is 0 Å². The molecule has 2 atom stereocenters. The Hall–Kier alpha value is -0.820. The van der Waals surface area contributed by atoms with E-state index in [1.165, 1.54) is 0 Å². The number of rotatable bonds is 3. The van der Waals surface area contributed by atoms with Gasteiger partial charge in [-0.1, -0.05) is 0 Å². The van der Waals surface area contributed by atoms with E-state index in [1.54, 1.807) is 0 Å². The van der Waals surface area contributed by atoms with E-state index in [4.69, 9.17) is 9.84 Å². The van der Waals surface area contributed by atoms with Gasteiger partial charge in [-0.25, -0.2) is 0 Å². The predicted molar refractivity (Wildman–Crippen MR) is 67.6 cm³/mol. The number of hydrogen-bond acceptors (Lipinski definition) is 3. The van der Waals surface area contributed by atoms with Crippen molar-refractivity contribution >= 4 is 28.6 Å². The van der Waals surface area contributed by atoms with Crippen molar-refractivity contribution in [2.24, 2.45) is 0 Å². The Morgan fingerprint density at radius 1 is 1.44 bits per heavy atom. The van der Waals surface area contributed by atoms with Crippen LogP contribution < -0.4 is 10.1 Å². The first-order chi connectivity index (χ1) is 7.65. The van der Waals surface area contributed by atoms with Crippen molar-refractivity contribution in [1.29, 1.82) is 0 Å². The Labute approximate surface area is 107 Å². The first-order valence-electron chi connectivity index (χ1n) is 5.03. The number of nitrogens with one attached hydrogen (secondary N) is 1. The third-order valence-corrected chi connectivity index (χ3v) is 3.22. The molecule has 0 aromatic heterocycles. The van der Waals surface area contributed by atoms with Crippen LogP contribution in [0.2, 0.25) is 0 Å². The molecule has 1 aromatic carbocycles. The van der Waals surface area contributed by atoms with E-state index in [-0.39, 0.29) is 6.10 Å². The van der Waals surface area contributed by atoms with Crippen LogP contribution in [0.15, 0.2) is 24.3 Å². The van der Waals surface area contributed by atoms with Gasteiger partial charge in [-0.3, -0.25) is 4.79 Å². The van der Waals surface area contributed by atoms with Crippen molar-refractivity contribution in [1.82, 2.24) is 5.32 Å². The summed E-state index contributed by atoms with van der Waals surface area (Å²) in [5.41, 5.74) is 0. The Morgan fingerprint density at radius 2 is 2.12 bits per heavy atom. The van der Waals surface area contributed by atoms with Crippen molar-refractivity contribution in [2.75, 3.05) is 6.54 Å². The number of ether oxygens (including phenoxy) is 1. The fourth-order valence-electron chi connectivity index (χ4n) is 1.69. The molecule has 2 rings (SSSR count). The quantitative estimate of drug-likeness (QED) is 0.823. The second-order valence-corrected chi connectivity index (χ2v) is 4.97. The van der Waals surface area contributed by atoms with E-state index >= 15 is 0 Å². The molecule has 0 aliphatic carbocycles. The Bertz CT molecular complexity index is 379. The molecular weight excluding hydrogens is 321 g/mol. The lowest BCUT2D eigenvalue weighted by molar-refractivity contribution is -0.139. The van der Waals surface area contributed by atoms with E-state index in [0.717, 1.165) is 9.32 Å². The van der Waals surface area contributed by atoms with Crippen LogP contribution in [0, 0.1) is 3.57 Å². The predicted octanol–water partition coefficient (Wildman–Crippen LogP) is 1.49. The third-order valence-electron chi connectivity index (χ3n) is 2.50. The van der Waals surface area contributed by atoms with Gasteiger partial charge < -0.3 is 15.2 Å². The van der Waals surface area contributed by atoms with Crippen LogP contribution in [0.3, 0.4) is 0 Å². The minimum Gasteiger partial charge on any atom is -0.489 e. The summed E-state index contributed by atoms with van der Waals surface area (Å²) in [6, 6.07) is 7.25. The highest BCUT2D eigenvalue weighted by atomic mass is 127. The van der Waals surface area contributed by atoms with Crippen LogP contribution in [0.1, 0.15) is 6.42 Å². The molecule has 0 amide bonds. The molecule has 1 heterocycles. The molecule has 2 N–H and O–H groups in total. The van der Waals surface area contributed by atoms with E-state index in [9.17, 15) is 4.79 Å². The fourth-order valence-corrected chi connectivity index (χ4v) is 2.05. The van der Waals surface area contributed by atoms with Crippen molar-refractivity contribution in [2.45, 2.75) is 18.6 Å². The first-order valence-corrected chi connectivity index (χ1v) is 6.11. The molecule has 0 bridgehead atoms. The van der Waals surface area contributed by atoms with Crippen LogP contribution in [0.4, 0.5) is 0 Å². The zero-order chi connectivity index (χ0) is 11.5. The molecule has 1 saturated heterocycles. The van der Waals surface area contributed by atoms with Gasteiger partial charge in [0, 0.05) is 16.5 Å². The molecule has 2 unspecified atom stereocenters. The largest absolute Gasteiger partial charge is 0.489 e. The maximum Gasteiger partial charge on any atom is 0.320 e. The van der Waals surface area contributed by atoms with E-state index in [0.29, 0.717) is 13.0 Å². The molecule has 5 heteroatoms. The zero-order valence-corrected chi connectivity index (χ0v) is 10.7. The van der Waals surface area contributed by atoms with E-state index < -0.39 is 12.0 Å². The average molecular weight is 333 g/mol. The standard InChI is InChI=1S/C11H12INO3/c12-7-1-3-8(4-2-7)16-9-5-10(11(14)15)13-6-9/h1-4,9-10,13H,5-6H2,(H,14,15). The fraction of sp³-hybridized carbons (Fsp3) is 0.364. The average Bonchev–Trinajstić information content (AvgIpc) is 2.70. The number of halogens is 1. The summed E-state index contributed by atoms with van der Waals surface area (Å²) >= 11 is 2.23. The van der Waals surface area contributed by atoms with Gasteiger partial charge in [0.2, 0.25) is 0 Å². The molecule has 1 aliphatic rings. The second kappa shape index (κ2) is 5.01. The van der Waals surface area contributed by atoms with Crippen LogP contribution in [0.5, 0.6) is 5.75 Å². The summed E-state index contributed by atoms with van der Waals surface area (Å²) in [4.78, 5) is 10.7. The molecule has 16 heavy (non-hydrogen) atoms. The topological polar surface area (TPSA) is 58.6 Å². The summed E-state index contributed by atoms with van der Waals surface area (Å²) < 4.78 is 6.83. The second-order valence-electron chi connectivity index (χ2n) is 3.73. The number of hydrogen-bond donors (Lipinski definition) is 2. The molecule has 0 saturated carbocycles. The highest BCUT2D eigenvalue weighted by Crippen LogP contribution is 2.18. The third kappa shape index (κ3) is 2.85. The van der Waals surface area contributed by atoms with Gasteiger partial charge in [-0.15, -0.1) is 0 Å². The minimum atomic E-state index is -0.811. The first kappa shape index (κ1) is 11.7. The Morgan fingerprint density at radius 3 is 2.69 bits per heavy atom. The lowest BCUT2D eigenvalue weighted by Gasteiger charge is -2.12. The molecule has 1 aromatic rings. The van der Waals surface area contributed by atoms with Gasteiger partial charge in [-0.05, 0) is 46.9 Å². The van der Waals surface area contributed by atoms with Crippen LogP contribution >= 0.6 is 22.6 Å². The highest BCUT2D eigenvalue weighted by Gasteiger charge is 2.30. The van der Waals surface area contributed by atoms with Gasteiger partial charge in [0.25, 0.3) is 0 Å². The summed E-state index contributed by atoms with van der Waals surface area (Å²) in [7, 11) is 0. The minimum absolute atomic E-state index is 0.0545. The van der Waals surface area contributed by atoms with E-state index in [2.05, 4.69) is 27.9 Å². The molecule has 86 valence electrons. The maximum atomic E-state index is 10.7. The van der Waals surface area contributed by atoms with Crippen molar-refractivity contribution < 1.29 is 14.6 Å². The van der Waals surface area contributed by atoms with Crippen molar-refractivity contribution in [3.05, 3.63) is 27.8 Å². The number of aliphatic carboxylic acids is 1. The normalized spacial score (nSPS) is 24.3. The lowest BCUT2D eigenvalue weighted by atomic mass is 10.2. The molecule has 4 nitrogen and oxygen atoms in total. The molecule has 1 fully saturated rings. The number of carboxylic acid groups (broad SMARTS) is 1. The SMILES string of the molecule is O=C(O)C1CC(Oc2ccc(I)cc2)CN1. The van der Waals surface area contributed by atoms with Crippen molar-refractivity contribution in [3.63, 3.8) is 0 Å². The number of benzene rings is 1. The summed E-state index contributed by atoms with van der Waals surface area (Å²) in [5, 5.41) is 11.7. The monoisotopic (exact) mass is 333 g/mol. The van der Waals surface area contributed by atoms with Crippen LogP contribution in [-0.4, -0.2) is 29.8 Å². The smallest absolute Gasteiger partial charge is 0.320 e. The summed E-state index contributed by atoms with van der Waals surface area (Å²) in [6.45, 7) is 0.586. The number of carbonyl (C=O) groups is 1. The highest BCUT2D eigenvalue weighted by molar-refractivity contribution is 14.1.